The molecule has 1 rings (SSSR count). The maximum atomic E-state index is 5.88. The molecule has 1 N–H and O–H groups in total. The molecule has 0 amide bonds. The third kappa shape index (κ3) is 6.92. The smallest absolute Gasteiger partial charge is 0.119 e. The first-order valence-electron chi connectivity index (χ1n) is 7.68. The lowest BCUT2D eigenvalue weighted by atomic mass is 10.0. The van der Waals surface area contributed by atoms with Gasteiger partial charge in [0.15, 0.2) is 0 Å². The lowest BCUT2D eigenvalue weighted by Gasteiger charge is -2.16. The number of hydrogen-bond donors (Lipinski definition) is 1. The van der Waals surface area contributed by atoms with Crippen LogP contribution in [0.5, 0.6) is 5.75 Å². The van der Waals surface area contributed by atoms with E-state index in [1.54, 1.807) is 0 Å². The summed E-state index contributed by atoms with van der Waals surface area (Å²) >= 11 is 0. The summed E-state index contributed by atoms with van der Waals surface area (Å²) in [5.74, 6) is 1.51. The highest BCUT2D eigenvalue weighted by Gasteiger charge is 2.04. The van der Waals surface area contributed by atoms with Crippen LogP contribution in [-0.4, -0.2) is 32.4 Å². The number of nitrogens with one attached hydrogen (secondary N) is 1. The van der Waals surface area contributed by atoms with E-state index in [2.05, 4.69) is 50.4 Å². The second-order valence-corrected chi connectivity index (χ2v) is 5.41. The van der Waals surface area contributed by atoms with Gasteiger partial charge in [-0.15, -0.1) is 0 Å². The van der Waals surface area contributed by atoms with Crippen molar-refractivity contribution in [2.24, 2.45) is 0 Å². The number of hydrogen-bond acceptors (Lipinski definition) is 3. The molecule has 1 atom stereocenters. The molecule has 0 heterocycles. The zero-order valence-electron chi connectivity index (χ0n) is 13.3. The Bertz CT molecular complexity index is 349. The molecule has 0 saturated carbocycles. The van der Waals surface area contributed by atoms with Crippen LogP contribution in [0.2, 0.25) is 0 Å². The molecule has 0 radical (unpaired) electrons. The first kappa shape index (κ1) is 17.0. The van der Waals surface area contributed by atoms with Crippen molar-refractivity contribution in [3.05, 3.63) is 29.8 Å². The first-order valence-corrected chi connectivity index (χ1v) is 7.68. The predicted molar refractivity (Wildman–Crippen MR) is 84.6 cm³/mol. The largest absolute Gasteiger partial charge is 0.489 e. The van der Waals surface area contributed by atoms with Crippen LogP contribution in [0.25, 0.3) is 0 Å². The van der Waals surface area contributed by atoms with Crippen molar-refractivity contribution >= 4 is 0 Å². The minimum atomic E-state index is 0.173. The van der Waals surface area contributed by atoms with Gasteiger partial charge >= 0.3 is 0 Å². The minimum absolute atomic E-state index is 0.173. The van der Waals surface area contributed by atoms with Crippen LogP contribution in [0, 0.1) is 0 Å². The zero-order valence-corrected chi connectivity index (χ0v) is 13.3. The lowest BCUT2D eigenvalue weighted by Crippen LogP contribution is -2.30. The van der Waals surface area contributed by atoms with Gasteiger partial charge in [0.1, 0.15) is 11.9 Å². The van der Waals surface area contributed by atoms with Gasteiger partial charge < -0.3 is 14.8 Å². The van der Waals surface area contributed by atoms with Crippen molar-refractivity contribution in [1.29, 1.82) is 0 Å². The number of ether oxygens (including phenoxy) is 2. The van der Waals surface area contributed by atoms with E-state index in [0.29, 0.717) is 5.92 Å². The Balaban J connectivity index is 2.19. The molecule has 0 spiro atoms. The standard InChI is InChI=1S/C17H29NO2/c1-5-19-12-6-11-18-13-15(4)20-17-9-7-16(8-10-17)14(2)3/h7-10,14-15,18H,5-6,11-13H2,1-4H3. The molecule has 0 fully saturated rings. The van der Waals surface area contributed by atoms with E-state index in [4.69, 9.17) is 9.47 Å². The van der Waals surface area contributed by atoms with Crippen LogP contribution in [0.15, 0.2) is 24.3 Å². The van der Waals surface area contributed by atoms with Gasteiger partial charge in [-0.1, -0.05) is 26.0 Å². The van der Waals surface area contributed by atoms with E-state index in [1.807, 2.05) is 6.92 Å². The highest BCUT2D eigenvalue weighted by Crippen LogP contribution is 2.19. The third-order valence-electron chi connectivity index (χ3n) is 3.16. The van der Waals surface area contributed by atoms with E-state index in [9.17, 15) is 0 Å². The van der Waals surface area contributed by atoms with E-state index in [0.717, 1.165) is 38.5 Å². The molecule has 0 aromatic heterocycles. The van der Waals surface area contributed by atoms with Crippen molar-refractivity contribution in [3.63, 3.8) is 0 Å². The van der Waals surface area contributed by atoms with Crippen LogP contribution >= 0.6 is 0 Å². The summed E-state index contributed by atoms with van der Waals surface area (Å²) in [4.78, 5) is 0. The van der Waals surface area contributed by atoms with E-state index in [1.165, 1.54) is 5.56 Å². The van der Waals surface area contributed by atoms with Crippen molar-refractivity contribution in [3.8, 4) is 5.75 Å². The molecule has 114 valence electrons. The van der Waals surface area contributed by atoms with Crippen LogP contribution in [0.3, 0.4) is 0 Å². The molecule has 1 aromatic carbocycles. The monoisotopic (exact) mass is 279 g/mol. The summed E-state index contributed by atoms with van der Waals surface area (Å²) in [7, 11) is 0. The Morgan fingerprint density at radius 3 is 2.40 bits per heavy atom. The van der Waals surface area contributed by atoms with Gasteiger partial charge in [0.2, 0.25) is 0 Å². The van der Waals surface area contributed by atoms with Crippen molar-refractivity contribution in [2.45, 2.75) is 46.1 Å². The van der Waals surface area contributed by atoms with E-state index >= 15 is 0 Å². The van der Waals surface area contributed by atoms with Crippen molar-refractivity contribution < 1.29 is 9.47 Å². The molecule has 20 heavy (non-hydrogen) atoms. The SMILES string of the molecule is CCOCCCNCC(C)Oc1ccc(C(C)C)cc1. The summed E-state index contributed by atoms with van der Waals surface area (Å²) < 4.78 is 11.2. The fraction of sp³-hybridized carbons (Fsp3) is 0.647. The minimum Gasteiger partial charge on any atom is -0.489 e. The van der Waals surface area contributed by atoms with Gasteiger partial charge in [-0.2, -0.15) is 0 Å². The molecule has 0 aliphatic rings. The summed E-state index contributed by atoms with van der Waals surface area (Å²) in [5, 5.41) is 3.39. The molecule has 0 aliphatic heterocycles. The topological polar surface area (TPSA) is 30.5 Å². The van der Waals surface area contributed by atoms with Crippen LogP contribution in [0.1, 0.15) is 45.6 Å². The van der Waals surface area contributed by atoms with Gasteiger partial charge in [-0.05, 0) is 50.4 Å². The predicted octanol–water partition coefficient (Wildman–Crippen LogP) is 3.59. The summed E-state index contributed by atoms with van der Waals surface area (Å²) in [6.45, 7) is 12.0. The first-order chi connectivity index (χ1) is 9.63. The van der Waals surface area contributed by atoms with Gasteiger partial charge in [-0.3, -0.25) is 0 Å². The molecule has 3 heteroatoms. The molecule has 1 unspecified atom stereocenters. The van der Waals surface area contributed by atoms with Gasteiger partial charge in [-0.25, -0.2) is 0 Å². The van der Waals surface area contributed by atoms with Gasteiger partial charge in [0.05, 0.1) is 0 Å². The van der Waals surface area contributed by atoms with Crippen molar-refractivity contribution in [1.82, 2.24) is 5.32 Å². The van der Waals surface area contributed by atoms with Crippen molar-refractivity contribution in [2.75, 3.05) is 26.3 Å². The molecule has 0 aliphatic carbocycles. The van der Waals surface area contributed by atoms with Gasteiger partial charge in [0, 0.05) is 19.8 Å². The van der Waals surface area contributed by atoms with Crippen LogP contribution in [-0.2, 0) is 4.74 Å². The van der Waals surface area contributed by atoms with E-state index in [-0.39, 0.29) is 6.10 Å². The maximum Gasteiger partial charge on any atom is 0.119 e. The second kappa shape index (κ2) is 9.78. The second-order valence-electron chi connectivity index (χ2n) is 5.41. The zero-order chi connectivity index (χ0) is 14.8. The average Bonchev–Trinajstić information content (AvgIpc) is 2.43. The van der Waals surface area contributed by atoms with E-state index < -0.39 is 0 Å². The Morgan fingerprint density at radius 1 is 1.10 bits per heavy atom. The fourth-order valence-electron chi connectivity index (χ4n) is 1.95. The van der Waals surface area contributed by atoms with Crippen LogP contribution in [0.4, 0.5) is 0 Å². The molecular weight excluding hydrogens is 250 g/mol. The summed E-state index contributed by atoms with van der Waals surface area (Å²) in [6, 6.07) is 8.40. The quantitative estimate of drug-likeness (QED) is 0.664. The number of benzene rings is 1. The Morgan fingerprint density at radius 2 is 1.80 bits per heavy atom. The lowest BCUT2D eigenvalue weighted by molar-refractivity contribution is 0.143. The molecule has 3 nitrogen and oxygen atoms in total. The number of rotatable bonds is 10. The molecule has 1 aromatic rings. The molecule has 0 saturated heterocycles. The fourth-order valence-corrected chi connectivity index (χ4v) is 1.95. The Kier molecular flexibility index (Phi) is 8.31. The molecular formula is C17H29NO2. The summed E-state index contributed by atoms with van der Waals surface area (Å²) in [5.41, 5.74) is 1.35. The van der Waals surface area contributed by atoms with Crippen LogP contribution < -0.4 is 10.1 Å². The maximum absolute atomic E-state index is 5.88. The van der Waals surface area contributed by atoms with Gasteiger partial charge in [0.25, 0.3) is 0 Å². The Hall–Kier alpha value is -1.06. The third-order valence-corrected chi connectivity index (χ3v) is 3.16. The average molecular weight is 279 g/mol. The Labute approximate surface area is 123 Å². The highest BCUT2D eigenvalue weighted by atomic mass is 16.5. The summed E-state index contributed by atoms with van der Waals surface area (Å²) in [6.07, 6.45) is 1.22. The normalized spacial score (nSPS) is 12.7. The molecule has 0 bridgehead atoms. The highest BCUT2D eigenvalue weighted by molar-refractivity contribution is 5.29.